The highest BCUT2D eigenvalue weighted by atomic mass is 16.6. The summed E-state index contributed by atoms with van der Waals surface area (Å²) < 4.78 is 4.35. The molecule has 0 radical (unpaired) electrons. The van der Waals surface area contributed by atoms with Crippen molar-refractivity contribution in [3.8, 4) is 0 Å². The van der Waals surface area contributed by atoms with Gasteiger partial charge in [-0.3, -0.25) is 0 Å². The van der Waals surface area contributed by atoms with Crippen LogP contribution in [0.5, 0.6) is 0 Å². The normalized spacial score (nSPS) is 7.42. The summed E-state index contributed by atoms with van der Waals surface area (Å²) in [5, 5.41) is 5.67. The molecule has 7 nitrogen and oxygen atoms in total. The molecule has 1 amide bonds. The first-order valence-corrected chi connectivity index (χ1v) is 2.88. The van der Waals surface area contributed by atoms with Crippen LogP contribution in [-0.2, 0) is 14.3 Å². The van der Waals surface area contributed by atoms with Crippen molar-refractivity contribution in [2.24, 2.45) is 10.2 Å². The molecule has 0 rings (SSSR count). The van der Waals surface area contributed by atoms with Crippen LogP contribution in [0.1, 0.15) is 6.92 Å². The molecular weight excluding hydrogens is 166 g/mol. The van der Waals surface area contributed by atoms with E-state index < -0.39 is 6.09 Å². The number of hydrazone groups is 2. The molecule has 0 saturated carbocycles. The molecule has 0 aliphatic rings. The van der Waals surface area contributed by atoms with Crippen molar-refractivity contribution in [3.05, 3.63) is 0 Å². The Morgan fingerprint density at radius 1 is 1.42 bits per heavy atom. The second kappa shape index (κ2) is 5.79. The number of hydrogen-bond acceptors (Lipinski definition) is 6. The molecule has 12 heavy (non-hydrogen) atoms. The Balaban J connectivity index is 4.38. The molecule has 0 bridgehead atoms. The second-order valence-electron chi connectivity index (χ2n) is 1.37. The number of amides is 1. The van der Waals surface area contributed by atoms with Crippen molar-refractivity contribution in [1.29, 1.82) is 0 Å². The fourth-order valence-corrected chi connectivity index (χ4v) is 0.363. The summed E-state index contributed by atoms with van der Waals surface area (Å²) in [5.41, 5.74) is 0. The van der Waals surface area contributed by atoms with Gasteiger partial charge in [0.15, 0.2) is 0 Å². The molecule has 64 valence electrons. The van der Waals surface area contributed by atoms with Gasteiger partial charge in [-0.1, -0.05) is 15.3 Å². The van der Waals surface area contributed by atoms with E-state index in [1.807, 2.05) is 0 Å². The number of hydrogen-bond donors (Lipinski definition) is 0. The van der Waals surface area contributed by atoms with Gasteiger partial charge in [0.2, 0.25) is 0 Å². The third-order valence-corrected chi connectivity index (χ3v) is 0.702. The largest absolute Gasteiger partial charge is 0.453 e. The fourth-order valence-electron chi connectivity index (χ4n) is 0.363. The Bertz CT molecular complexity index is 233. The van der Waals surface area contributed by atoms with E-state index in [-0.39, 0.29) is 11.7 Å². The van der Waals surface area contributed by atoms with E-state index in [0.717, 1.165) is 12.2 Å². The summed E-state index contributed by atoms with van der Waals surface area (Å²) in [6.07, 6.45) is 1.00. The van der Waals surface area contributed by atoms with Crippen molar-refractivity contribution >= 4 is 18.3 Å². The molecule has 0 atom stereocenters. The van der Waals surface area contributed by atoms with Gasteiger partial charge in [-0.15, -0.1) is 0 Å². The topological polar surface area (TPSA) is 88.4 Å². The number of isocyanates is 2. The van der Waals surface area contributed by atoms with E-state index in [0.29, 0.717) is 0 Å². The van der Waals surface area contributed by atoms with E-state index in [4.69, 9.17) is 0 Å². The van der Waals surface area contributed by atoms with Gasteiger partial charge in [-0.2, -0.15) is 0 Å². The summed E-state index contributed by atoms with van der Waals surface area (Å²) in [6, 6.07) is 0. The molecule has 0 saturated heterocycles. The van der Waals surface area contributed by atoms with E-state index in [2.05, 4.69) is 14.9 Å². The minimum absolute atomic E-state index is 0.0814. The van der Waals surface area contributed by atoms with Crippen LogP contribution in [0.2, 0.25) is 0 Å². The van der Waals surface area contributed by atoms with E-state index in [1.165, 1.54) is 0 Å². The van der Waals surface area contributed by atoms with E-state index >= 15 is 0 Å². The Labute approximate surface area is 67.3 Å². The van der Waals surface area contributed by atoms with Crippen molar-refractivity contribution in [1.82, 2.24) is 5.12 Å². The van der Waals surface area contributed by atoms with Crippen LogP contribution in [0.4, 0.5) is 4.79 Å². The minimum Gasteiger partial charge on any atom is -0.447 e. The summed E-state index contributed by atoms with van der Waals surface area (Å²) in [6.45, 7) is 1.63. The quantitative estimate of drug-likeness (QED) is 0.338. The third-order valence-electron chi connectivity index (χ3n) is 0.702. The molecular formula is C5H5N3O4. The first-order valence-electron chi connectivity index (χ1n) is 2.88. The molecule has 0 aliphatic heterocycles. The van der Waals surface area contributed by atoms with Crippen LogP contribution in [0.15, 0.2) is 10.2 Å². The Hall–Kier alpha value is -1.97. The molecule has 0 spiro atoms. The molecule has 0 aromatic rings. The monoisotopic (exact) mass is 171 g/mol. The predicted octanol–water partition coefficient (Wildman–Crippen LogP) is -0.0535. The van der Waals surface area contributed by atoms with Crippen molar-refractivity contribution < 1.29 is 19.1 Å². The number of ether oxygens (including phenoxy) is 1. The number of nitrogens with zero attached hydrogens (tertiary/aromatic N) is 3. The summed E-state index contributed by atoms with van der Waals surface area (Å²) >= 11 is 0. The smallest absolute Gasteiger partial charge is 0.447 e. The first kappa shape index (κ1) is 10.0. The molecule has 0 N–H and O–H groups in total. The van der Waals surface area contributed by atoms with Gasteiger partial charge >= 0.3 is 6.09 Å². The van der Waals surface area contributed by atoms with Crippen LogP contribution in [-0.4, -0.2) is 30.0 Å². The van der Waals surface area contributed by atoms with Crippen molar-refractivity contribution in [2.45, 2.75) is 6.92 Å². The molecule has 0 aromatic heterocycles. The second-order valence-corrected chi connectivity index (χ2v) is 1.37. The Kier molecular flexibility index (Phi) is 4.84. The maximum absolute atomic E-state index is 10.7. The molecule has 7 heteroatoms. The number of carbonyl (C=O) groups is 1. The summed E-state index contributed by atoms with van der Waals surface area (Å²) in [4.78, 5) is 30.0. The van der Waals surface area contributed by atoms with Crippen LogP contribution < -0.4 is 0 Å². The first-order chi connectivity index (χ1) is 5.76. The van der Waals surface area contributed by atoms with E-state index in [9.17, 15) is 14.4 Å². The van der Waals surface area contributed by atoms with Gasteiger partial charge < -0.3 is 4.74 Å². The highest BCUT2D eigenvalue weighted by molar-refractivity contribution is 5.68. The molecule has 0 fully saturated rings. The third kappa shape index (κ3) is 3.26. The lowest BCUT2D eigenvalue weighted by Gasteiger charge is -2.04. The van der Waals surface area contributed by atoms with E-state index in [1.54, 1.807) is 6.92 Å². The number of rotatable bonds is 3. The van der Waals surface area contributed by atoms with Crippen molar-refractivity contribution in [3.63, 3.8) is 0 Å². The molecule has 0 aliphatic carbocycles. The maximum atomic E-state index is 10.7. The number of carbonyl (C=O) groups excluding carboxylic acids is 3. The highest BCUT2D eigenvalue weighted by Crippen LogP contribution is 1.93. The van der Waals surface area contributed by atoms with Gasteiger partial charge in [0, 0.05) is 0 Å². The lowest BCUT2D eigenvalue weighted by Crippen LogP contribution is -2.20. The van der Waals surface area contributed by atoms with Crippen LogP contribution in [0, 0.1) is 0 Å². The Morgan fingerprint density at radius 3 is 2.25 bits per heavy atom. The zero-order chi connectivity index (χ0) is 9.40. The molecule has 0 aromatic carbocycles. The lowest BCUT2D eigenvalue weighted by atomic mass is 10.9. The van der Waals surface area contributed by atoms with Gasteiger partial charge in [-0.05, 0) is 6.92 Å². The highest BCUT2D eigenvalue weighted by Gasteiger charge is 2.11. The maximum Gasteiger partial charge on any atom is 0.453 e. The average Bonchev–Trinajstić information content (AvgIpc) is 2.04. The van der Waals surface area contributed by atoms with Crippen LogP contribution in [0.25, 0.3) is 0 Å². The standard InChI is InChI=1S/C5H5N3O4/c1-2-12-5(11)8(6-3-9)7-4-10/h2H2,1H3. The minimum atomic E-state index is -1.04. The SMILES string of the molecule is CCOC(=O)N(N=C=O)N=C=O. The average molecular weight is 171 g/mol. The van der Waals surface area contributed by atoms with Gasteiger partial charge in [0.1, 0.15) is 0 Å². The molecule has 0 heterocycles. The summed E-state index contributed by atoms with van der Waals surface area (Å²) in [7, 11) is 0. The fraction of sp³-hybridized carbons (Fsp3) is 0.400. The van der Waals surface area contributed by atoms with Gasteiger partial charge in [-0.25, -0.2) is 14.4 Å². The van der Waals surface area contributed by atoms with Gasteiger partial charge in [0.05, 0.1) is 6.61 Å². The van der Waals surface area contributed by atoms with Gasteiger partial charge in [0.25, 0.3) is 12.2 Å². The lowest BCUT2D eigenvalue weighted by molar-refractivity contribution is 0.109. The predicted molar refractivity (Wildman–Crippen MR) is 35.1 cm³/mol. The van der Waals surface area contributed by atoms with Crippen molar-refractivity contribution in [2.75, 3.05) is 6.61 Å². The summed E-state index contributed by atoms with van der Waals surface area (Å²) in [5.74, 6) is 0. The Morgan fingerprint density at radius 2 is 1.92 bits per heavy atom. The van der Waals surface area contributed by atoms with Crippen LogP contribution in [0.3, 0.4) is 0 Å². The molecule has 0 unspecified atom stereocenters. The van der Waals surface area contributed by atoms with Crippen LogP contribution >= 0.6 is 0 Å². The zero-order valence-corrected chi connectivity index (χ0v) is 6.18. The zero-order valence-electron chi connectivity index (χ0n) is 6.18.